The number of carboxylic acids is 1. The summed E-state index contributed by atoms with van der Waals surface area (Å²) in [6, 6.07) is 7.08. The fourth-order valence-corrected chi connectivity index (χ4v) is 2.67. The molecule has 0 saturated carbocycles. The summed E-state index contributed by atoms with van der Waals surface area (Å²) in [5, 5.41) is 19.6. The van der Waals surface area contributed by atoms with Crippen molar-refractivity contribution < 1.29 is 14.9 Å². The molecule has 11 heteroatoms. The molecule has 20 heavy (non-hydrogen) atoms. The van der Waals surface area contributed by atoms with E-state index in [4.69, 9.17) is 45.5 Å². The molecule has 0 amide bonds. The van der Waals surface area contributed by atoms with Crippen molar-refractivity contribution in [3.8, 4) is 0 Å². The molecule has 0 bridgehead atoms. The summed E-state index contributed by atoms with van der Waals surface area (Å²) < 4.78 is -2.40. The monoisotopic (exact) mass is 378 g/mol. The minimum absolute atomic E-state index is 0.119. The number of para-hydroxylation sites is 1. The third-order valence-corrected chi connectivity index (χ3v) is 5.80. The van der Waals surface area contributed by atoms with Gasteiger partial charge in [0.15, 0.2) is 5.03 Å². The summed E-state index contributed by atoms with van der Waals surface area (Å²) in [6.07, 6.45) is 0. The van der Waals surface area contributed by atoms with Gasteiger partial charge in [-0.25, -0.2) is 14.9 Å². The molecule has 0 spiro atoms. The number of hydrogen-bond acceptors (Lipinski definition) is 4. The molecule has 110 valence electrons. The van der Waals surface area contributed by atoms with Crippen LogP contribution in [0.25, 0.3) is 0 Å². The van der Waals surface area contributed by atoms with Crippen molar-refractivity contribution >= 4 is 68.1 Å². The topological polar surface area (TPSA) is 83.7 Å². The molecule has 0 saturated heterocycles. The molecule has 0 aliphatic rings. The minimum atomic E-state index is -2.83. The van der Waals surface area contributed by atoms with E-state index < -0.39 is 19.7 Å². The van der Waals surface area contributed by atoms with Gasteiger partial charge in [-0.3, -0.25) is 0 Å². The second kappa shape index (κ2) is 6.44. The molecule has 0 aliphatic heterocycles. The Bertz CT molecular complexity index is 518. The zero-order valence-corrected chi connectivity index (χ0v) is 13.2. The zero-order valence-electron chi connectivity index (χ0n) is 9.37. The first-order valence-electron chi connectivity index (χ1n) is 4.78. The van der Waals surface area contributed by atoms with Gasteiger partial charge in [-0.15, -0.1) is 0 Å². The molecular weight excluding hydrogens is 374 g/mol. The molecule has 0 aliphatic carbocycles. The highest BCUT2D eigenvalue weighted by atomic mass is 35.7. The lowest BCUT2D eigenvalue weighted by atomic mass is 10.2. The number of benzene rings is 1. The molecule has 0 radical (unpaired) electrons. The van der Waals surface area contributed by atoms with Crippen LogP contribution in [0.4, 0.5) is 5.69 Å². The van der Waals surface area contributed by atoms with Crippen LogP contribution in [-0.2, 0) is 4.79 Å². The van der Waals surface area contributed by atoms with E-state index in [2.05, 4.69) is 0 Å². The lowest BCUT2D eigenvalue weighted by Crippen LogP contribution is -2.61. The second-order valence-electron chi connectivity index (χ2n) is 3.41. The molecule has 6 nitrogen and oxygen atoms in total. The van der Waals surface area contributed by atoms with Crippen molar-refractivity contribution in [2.24, 2.45) is 0 Å². The van der Waals surface area contributed by atoms with Gasteiger partial charge in [-0.2, -0.15) is 0 Å². The number of carbonyl (C=O) groups is 1. The van der Waals surface area contributed by atoms with Crippen LogP contribution >= 0.6 is 56.5 Å². The summed E-state index contributed by atoms with van der Waals surface area (Å²) in [5.41, 5.74) is -0.119. The van der Waals surface area contributed by atoms with Crippen molar-refractivity contribution in [1.29, 1.82) is 0 Å². The molecular formula is C9H6Cl4N2O4S. The normalized spacial score (nSPS) is 14.4. The maximum atomic E-state index is 11.4. The Morgan fingerprint density at radius 1 is 1.30 bits per heavy atom. The van der Waals surface area contributed by atoms with Gasteiger partial charge in [0.05, 0.1) is 0 Å². The van der Waals surface area contributed by atoms with Crippen LogP contribution in [0.3, 0.4) is 0 Å². The van der Waals surface area contributed by atoms with Crippen LogP contribution in [0.2, 0.25) is 0 Å². The number of nitro groups is 1. The Balaban J connectivity index is 3.51. The Hall–Kier alpha value is -0.600. The number of halogens is 4. The Labute approximate surface area is 137 Å². The molecule has 1 rings (SSSR count). The average Bonchev–Trinajstić information content (AvgIpc) is 2.39. The maximum absolute atomic E-state index is 11.4. The van der Waals surface area contributed by atoms with Gasteiger partial charge < -0.3 is 5.11 Å². The number of hydrazine groups is 1. The largest absolute Gasteiger partial charge is 0.478 e. The van der Waals surface area contributed by atoms with Gasteiger partial charge in [0.1, 0.15) is 5.69 Å². The third-order valence-electron chi connectivity index (χ3n) is 2.22. The standard InChI is InChI=1S/C9H6Cl4N2O4S/c10-8(7(16)17,9(11,12)20-13)14(15(18)19)6-4-2-1-3-5-6/h1-5H,(H,16,17)/t8-/m1/s1. The molecule has 0 unspecified atom stereocenters. The third kappa shape index (κ3) is 3.01. The van der Waals surface area contributed by atoms with Crippen LogP contribution in [0.5, 0.6) is 0 Å². The van der Waals surface area contributed by atoms with Crippen molar-refractivity contribution in [2.45, 2.75) is 8.66 Å². The Morgan fingerprint density at radius 3 is 2.15 bits per heavy atom. The summed E-state index contributed by atoms with van der Waals surface area (Å²) in [6.45, 7) is 0. The fraction of sp³-hybridized carbons (Fsp3) is 0.222. The Kier molecular flexibility index (Phi) is 5.62. The van der Waals surface area contributed by atoms with Crippen LogP contribution in [0.1, 0.15) is 0 Å². The first-order valence-corrected chi connectivity index (χ1v) is 7.55. The summed E-state index contributed by atoms with van der Waals surface area (Å²) in [5.74, 6) is -1.82. The highest BCUT2D eigenvalue weighted by Crippen LogP contribution is 2.52. The van der Waals surface area contributed by atoms with E-state index in [1.165, 1.54) is 24.3 Å². The lowest BCUT2D eigenvalue weighted by molar-refractivity contribution is -0.501. The minimum Gasteiger partial charge on any atom is -0.478 e. The summed E-state index contributed by atoms with van der Waals surface area (Å²) >= 11 is 17.4. The number of anilines is 1. The smallest absolute Gasteiger partial charge is 0.356 e. The van der Waals surface area contributed by atoms with Crippen molar-refractivity contribution in [3.05, 3.63) is 40.4 Å². The molecule has 0 fully saturated rings. The molecule has 1 N–H and O–H groups in total. The number of aliphatic carboxylic acids is 1. The van der Waals surface area contributed by atoms with Gasteiger partial charge in [0, 0.05) is 0 Å². The van der Waals surface area contributed by atoms with Crippen molar-refractivity contribution in [2.75, 3.05) is 5.01 Å². The van der Waals surface area contributed by atoms with Crippen LogP contribution in [-0.4, -0.2) is 24.8 Å². The van der Waals surface area contributed by atoms with E-state index in [1.54, 1.807) is 6.07 Å². The Morgan fingerprint density at radius 2 is 1.80 bits per heavy atom. The van der Waals surface area contributed by atoms with E-state index in [1.807, 2.05) is 0 Å². The van der Waals surface area contributed by atoms with E-state index in [-0.39, 0.29) is 21.7 Å². The molecule has 1 aromatic carbocycles. The zero-order chi connectivity index (χ0) is 15.6. The first-order chi connectivity index (χ1) is 9.18. The van der Waals surface area contributed by atoms with Gasteiger partial charge >= 0.3 is 11.0 Å². The summed E-state index contributed by atoms with van der Waals surface area (Å²) in [4.78, 5) is 19.8. The van der Waals surface area contributed by atoms with Gasteiger partial charge in [0.2, 0.25) is 3.67 Å². The van der Waals surface area contributed by atoms with Gasteiger partial charge in [-0.1, -0.05) is 58.0 Å². The first kappa shape index (κ1) is 17.5. The predicted octanol–water partition coefficient (Wildman–Crippen LogP) is 3.72. The predicted molar refractivity (Wildman–Crippen MR) is 80.0 cm³/mol. The highest BCUT2D eigenvalue weighted by molar-refractivity contribution is 8.24. The van der Waals surface area contributed by atoms with Crippen molar-refractivity contribution in [3.63, 3.8) is 0 Å². The fourth-order valence-electron chi connectivity index (χ4n) is 1.34. The lowest BCUT2D eigenvalue weighted by Gasteiger charge is -2.35. The second-order valence-corrected chi connectivity index (χ2v) is 6.96. The quantitative estimate of drug-likeness (QED) is 0.351. The number of carboxylic acid groups (broad SMARTS) is 1. The van der Waals surface area contributed by atoms with Crippen LogP contribution in [0, 0.1) is 10.1 Å². The molecule has 1 aromatic rings. The maximum Gasteiger partial charge on any atom is 0.356 e. The van der Waals surface area contributed by atoms with E-state index >= 15 is 0 Å². The number of nitrogens with zero attached hydrogens (tertiary/aromatic N) is 2. The van der Waals surface area contributed by atoms with Gasteiger partial charge in [0.25, 0.3) is 0 Å². The highest BCUT2D eigenvalue weighted by Gasteiger charge is 2.65. The van der Waals surface area contributed by atoms with E-state index in [0.717, 1.165) is 0 Å². The van der Waals surface area contributed by atoms with E-state index in [0.29, 0.717) is 0 Å². The van der Waals surface area contributed by atoms with Crippen molar-refractivity contribution in [1.82, 2.24) is 0 Å². The number of hydrogen-bond donors (Lipinski definition) is 1. The van der Waals surface area contributed by atoms with Crippen LogP contribution in [0.15, 0.2) is 30.3 Å². The molecule has 0 aromatic heterocycles. The van der Waals surface area contributed by atoms with Crippen LogP contribution < -0.4 is 5.01 Å². The SMILES string of the molecule is O=C(O)[C@@](Cl)(N(c1ccccc1)[N+](=O)[O-])C(Cl)(Cl)SCl. The summed E-state index contributed by atoms with van der Waals surface area (Å²) in [7, 11) is 5.56. The number of rotatable bonds is 6. The average molecular weight is 380 g/mol. The number of alkyl halides is 3. The van der Waals surface area contributed by atoms with Gasteiger partial charge in [-0.05, 0) is 33.8 Å². The molecule has 0 heterocycles. The van der Waals surface area contributed by atoms with E-state index in [9.17, 15) is 20.0 Å². The molecule has 1 atom stereocenters.